The summed E-state index contributed by atoms with van der Waals surface area (Å²) >= 11 is 1.49. The second-order valence-corrected chi connectivity index (χ2v) is 11.3. The molecule has 0 aliphatic carbocycles. The minimum Gasteiger partial charge on any atom is -0.378 e. The summed E-state index contributed by atoms with van der Waals surface area (Å²) in [4.78, 5) is 19.2. The van der Waals surface area contributed by atoms with Crippen molar-refractivity contribution in [3.05, 3.63) is 94.9 Å². The van der Waals surface area contributed by atoms with Gasteiger partial charge in [0.05, 0.1) is 29.5 Å². The summed E-state index contributed by atoms with van der Waals surface area (Å²) in [6, 6.07) is 21.8. The first-order valence-electron chi connectivity index (χ1n) is 13.1. The molecule has 0 radical (unpaired) electrons. The molecule has 222 valence electrons. The van der Waals surface area contributed by atoms with E-state index in [1.807, 2.05) is 5.38 Å². The fourth-order valence-corrected chi connectivity index (χ4v) is 5.60. The van der Waals surface area contributed by atoms with Gasteiger partial charge in [0.15, 0.2) is 4.80 Å². The maximum absolute atomic E-state index is 13.6. The molecule has 0 saturated carbocycles. The lowest BCUT2D eigenvalue weighted by Crippen LogP contribution is -2.36. The predicted octanol–water partition coefficient (Wildman–Crippen LogP) is 4.29. The zero-order valence-electron chi connectivity index (χ0n) is 22.9. The average Bonchev–Trinajstić information content (AvgIpc) is 3.40. The standard InChI is InChI=1S/C23H26FN5O2S.C6H6O3S/c1-25-22(30)26-9-10-29-21(16-32-23(29)27-19-4-2-3-18(24)15-19)17-5-7-20(8-6-17)28-11-13-31-14-12-28;7-10(8,9)6-4-2-1-3-5-6/h2-8,15-16H,9-14H2,1H3,(H2,25,26,30);1-5H,(H,7,8,9). The van der Waals surface area contributed by atoms with Crippen LogP contribution in [0.2, 0.25) is 0 Å². The van der Waals surface area contributed by atoms with E-state index >= 15 is 0 Å². The van der Waals surface area contributed by atoms with Gasteiger partial charge in [-0.25, -0.2) is 14.2 Å². The molecule has 1 aliphatic heterocycles. The number of hydrogen-bond donors (Lipinski definition) is 3. The number of nitrogens with zero attached hydrogens (tertiary/aromatic N) is 3. The van der Waals surface area contributed by atoms with Crippen LogP contribution in [-0.2, 0) is 21.4 Å². The smallest absolute Gasteiger partial charge is 0.314 e. The summed E-state index contributed by atoms with van der Waals surface area (Å²) in [6.45, 7) is 4.24. The van der Waals surface area contributed by atoms with E-state index in [1.54, 1.807) is 37.4 Å². The molecule has 10 nitrogen and oxygen atoms in total. The van der Waals surface area contributed by atoms with Crippen molar-refractivity contribution in [3.63, 3.8) is 0 Å². The summed E-state index contributed by atoms with van der Waals surface area (Å²) in [5.41, 5.74) is 3.77. The molecule has 1 fully saturated rings. The van der Waals surface area contributed by atoms with Crippen molar-refractivity contribution in [2.45, 2.75) is 11.4 Å². The summed E-state index contributed by atoms with van der Waals surface area (Å²) in [5, 5.41) is 7.41. The first-order chi connectivity index (χ1) is 20.2. The van der Waals surface area contributed by atoms with Gasteiger partial charge in [0.1, 0.15) is 5.82 Å². The minimum absolute atomic E-state index is 0.0741. The topological polar surface area (TPSA) is 125 Å². The number of hydrogen-bond acceptors (Lipinski definition) is 7. The van der Waals surface area contributed by atoms with Crippen molar-refractivity contribution < 1.29 is 26.9 Å². The Kier molecular flexibility index (Phi) is 10.8. The number of morpholine rings is 1. The number of benzene rings is 3. The van der Waals surface area contributed by atoms with E-state index in [1.165, 1.54) is 41.3 Å². The fourth-order valence-electron chi connectivity index (χ4n) is 4.15. The summed E-state index contributed by atoms with van der Waals surface area (Å²) in [7, 11) is -2.42. The highest BCUT2D eigenvalue weighted by Gasteiger charge is 2.13. The number of anilines is 1. The molecule has 2 heterocycles. The second-order valence-electron chi connectivity index (χ2n) is 9.09. The maximum atomic E-state index is 13.6. The second kappa shape index (κ2) is 14.7. The number of rotatable bonds is 7. The molecule has 0 spiro atoms. The summed E-state index contributed by atoms with van der Waals surface area (Å²) < 4.78 is 50.4. The lowest BCUT2D eigenvalue weighted by molar-refractivity contribution is 0.122. The maximum Gasteiger partial charge on any atom is 0.314 e. The Balaban J connectivity index is 0.000000343. The highest BCUT2D eigenvalue weighted by atomic mass is 32.2. The molecule has 1 aliphatic rings. The van der Waals surface area contributed by atoms with Crippen LogP contribution in [0.4, 0.5) is 20.6 Å². The Morgan fingerprint density at radius 3 is 2.38 bits per heavy atom. The van der Waals surface area contributed by atoms with Crippen LogP contribution >= 0.6 is 11.3 Å². The van der Waals surface area contributed by atoms with Crippen molar-refractivity contribution in [2.75, 3.05) is 44.8 Å². The first kappa shape index (κ1) is 30.9. The number of ether oxygens (including phenoxy) is 1. The van der Waals surface area contributed by atoms with Crippen molar-refractivity contribution in [1.82, 2.24) is 15.2 Å². The molecular formula is C29H32FN5O5S2. The SMILES string of the molecule is CNC(=O)NCCn1c(-c2ccc(N3CCOCC3)cc2)csc1=Nc1cccc(F)c1.O=S(=O)(O)c1ccccc1. The highest BCUT2D eigenvalue weighted by molar-refractivity contribution is 7.85. The largest absolute Gasteiger partial charge is 0.378 e. The Morgan fingerprint density at radius 1 is 1.05 bits per heavy atom. The first-order valence-corrected chi connectivity index (χ1v) is 15.5. The van der Waals surface area contributed by atoms with Crippen LogP contribution in [0, 0.1) is 5.82 Å². The number of carbonyl (C=O) groups excluding carboxylic acids is 1. The van der Waals surface area contributed by atoms with Gasteiger partial charge in [-0.1, -0.05) is 36.4 Å². The van der Waals surface area contributed by atoms with Gasteiger partial charge in [-0.3, -0.25) is 4.55 Å². The average molecular weight is 614 g/mol. The monoisotopic (exact) mass is 613 g/mol. The molecule has 0 bridgehead atoms. The van der Waals surface area contributed by atoms with Gasteiger partial charge in [-0.2, -0.15) is 8.42 Å². The lowest BCUT2D eigenvalue weighted by Gasteiger charge is -2.28. The van der Waals surface area contributed by atoms with Crippen molar-refractivity contribution in [2.24, 2.45) is 4.99 Å². The number of amides is 2. The van der Waals surface area contributed by atoms with Gasteiger partial charge in [-0.15, -0.1) is 11.3 Å². The molecular weight excluding hydrogens is 581 g/mol. The van der Waals surface area contributed by atoms with Crippen LogP contribution in [0.3, 0.4) is 0 Å². The van der Waals surface area contributed by atoms with E-state index in [9.17, 15) is 17.6 Å². The number of urea groups is 1. The Morgan fingerprint density at radius 2 is 1.76 bits per heavy atom. The van der Waals surface area contributed by atoms with Crippen molar-refractivity contribution in [3.8, 4) is 11.3 Å². The van der Waals surface area contributed by atoms with E-state index in [2.05, 4.69) is 49.4 Å². The van der Waals surface area contributed by atoms with Crippen LogP contribution in [0.1, 0.15) is 0 Å². The molecule has 1 aromatic heterocycles. The molecule has 42 heavy (non-hydrogen) atoms. The van der Waals surface area contributed by atoms with Crippen LogP contribution in [0.5, 0.6) is 0 Å². The normalized spacial score (nSPS) is 13.7. The van der Waals surface area contributed by atoms with Crippen LogP contribution < -0.4 is 20.3 Å². The Labute approximate surface area is 247 Å². The molecule has 1 saturated heterocycles. The van der Waals surface area contributed by atoms with Crippen molar-refractivity contribution >= 4 is 38.9 Å². The zero-order chi connectivity index (χ0) is 30.0. The van der Waals surface area contributed by atoms with E-state index in [-0.39, 0.29) is 16.7 Å². The number of aromatic nitrogens is 1. The van der Waals surface area contributed by atoms with Gasteiger partial charge in [0, 0.05) is 44.3 Å². The van der Waals surface area contributed by atoms with Crippen molar-refractivity contribution in [1.29, 1.82) is 0 Å². The van der Waals surface area contributed by atoms with E-state index in [0.29, 0.717) is 18.8 Å². The quantitative estimate of drug-likeness (QED) is 0.267. The van der Waals surface area contributed by atoms with Gasteiger partial charge in [0.2, 0.25) is 0 Å². The van der Waals surface area contributed by atoms with E-state index < -0.39 is 10.1 Å². The molecule has 5 rings (SSSR count). The number of nitrogens with one attached hydrogen (secondary N) is 2. The van der Waals surface area contributed by atoms with Gasteiger partial charge < -0.3 is 24.8 Å². The predicted molar refractivity (Wildman–Crippen MR) is 161 cm³/mol. The van der Waals surface area contributed by atoms with Gasteiger partial charge >= 0.3 is 6.03 Å². The van der Waals surface area contributed by atoms with Gasteiger partial charge in [0.25, 0.3) is 10.1 Å². The molecule has 0 unspecified atom stereocenters. The summed E-state index contributed by atoms with van der Waals surface area (Å²) in [6.07, 6.45) is 0. The molecule has 3 N–H and O–H groups in total. The van der Waals surface area contributed by atoms with Gasteiger partial charge in [-0.05, 0) is 48.0 Å². The molecule has 0 atom stereocenters. The molecule has 2 amide bonds. The van der Waals surface area contributed by atoms with Crippen LogP contribution in [0.15, 0.2) is 94.1 Å². The number of carbonyl (C=O) groups is 1. The zero-order valence-corrected chi connectivity index (χ0v) is 24.6. The molecule has 3 aromatic carbocycles. The van der Waals surface area contributed by atoms with E-state index in [4.69, 9.17) is 9.29 Å². The fraction of sp³-hybridized carbons (Fsp3) is 0.241. The van der Waals surface area contributed by atoms with Crippen LogP contribution in [-0.4, -0.2) is 63.5 Å². The summed E-state index contributed by atoms with van der Waals surface area (Å²) in [5.74, 6) is -0.324. The Hall–Kier alpha value is -4.04. The minimum atomic E-state index is -4.00. The third-order valence-electron chi connectivity index (χ3n) is 6.26. The molecule has 13 heteroatoms. The Bertz CT molecular complexity index is 1630. The van der Waals surface area contributed by atoms with Crippen LogP contribution in [0.25, 0.3) is 11.3 Å². The molecule has 4 aromatic rings. The number of halogens is 1. The number of thiazole rings is 1. The third-order valence-corrected chi connectivity index (χ3v) is 7.99. The lowest BCUT2D eigenvalue weighted by atomic mass is 10.1. The third kappa shape index (κ3) is 8.73. The highest BCUT2D eigenvalue weighted by Crippen LogP contribution is 2.25. The van der Waals surface area contributed by atoms with E-state index in [0.717, 1.165) is 42.4 Å².